The van der Waals surface area contributed by atoms with Gasteiger partial charge in [0.05, 0.1) is 11.8 Å². The number of hydrogen-bond acceptors (Lipinski definition) is 5. The third-order valence-electron chi connectivity index (χ3n) is 4.75. The van der Waals surface area contributed by atoms with Crippen molar-refractivity contribution in [2.75, 3.05) is 18.4 Å². The molecule has 0 atom stereocenters. The van der Waals surface area contributed by atoms with E-state index in [1.165, 1.54) is 12.5 Å². The van der Waals surface area contributed by atoms with E-state index in [-0.39, 0.29) is 17.7 Å². The molecule has 138 valence electrons. The second-order valence-corrected chi connectivity index (χ2v) is 7.38. The van der Waals surface area contributed by atoms with Crippen LogP contribution in [-0.4, -0.2) is 34.8 Å². The first-order chi connectivity index (χ1) is 13.2. The molecule has 3 aromatic rings. The maximum atomic E-state index is 12.5. The predicted octanol–water partition coefficient (Wildman–Crippen LogP) is 3.89. The van der Waals surface area contributed by atoms with Crippen molar-refractivity contribution in [1.29, 1.82) is 0 Å². The van der Waals surface area contributed by atoms with Crippen molar-refractivity contribution in [2.24, 2.45) is 5.92 Å². The first-order valence-electron chi connectivity index (χ1n) is 8.83. The van der Waals surface area contributed by atoms with Gasteiger partial charge in [-0.1, -0.05) is 0 Å². The number of carbonyl (C=O) groups is 2. The molecule has 1 aromatic carbocycles. The van der Waals surface area contributed by atoms with E-state index in [1.54, 1.807) is 28.5 Å². The Hall–Kier alpha value is -2.93. The minimum atomic E-state index is -0.0861. The van der Waals surface area contributed by atoms with Crippen molar-refractivity contribution in [3.05, 3.63) is 60.0 Å². The number of rotatable bonds is 4. The molecule has 3 heterocycles. The van der Waals surface area contributed by atoms with Gasteiger partial charge in [-0.3, -0.25) is 9.59 Å². The van der Waals surface area contributed by atoms with Gasteiger partial charge in [0.1, 0.15) is 11.3 Å². The lowest BCUT2D eigenvalue weighted by Gasteiger charge is -2.31. The second-order valence-electron chi connectivity index (χ2n) is 6.48. The quantitative estimate of drug-likeness (QED) is 0.744. The normalized spacial score (nSPS) is 14.9. The zero-order chi connectivity index (χ0) is 18.6. The van der Waals surface area contributed by atoms with Crippen LogP contribution in [0.2, 0.25) is 0 Å². The topological polar surface area (TPSA) is 75.4 Å². The van der Waals surface area contributed by atoms with Crippen molar-refractivity contribution in [1.82, 2.24) is 9.88 Å². The molecule has 2 aromatic heterocycles. The Morgan fingerprint density at radius 1 is 1.15 bits per heavy atom. The summed E-state index contributed by atoms with van der Waals surface area (Å²) in [5.74, 6) is -0.121. The molecule has 4 rings (SSSR count). The molecule has 2 amide bonds. The Balaban J connectivity index is 1.31. The maximum Gasteiger partial charge on any atom is 0.257 e. The minimum absolute atomic E-state index is 0.00686. The van der Waals surface area contributed by atoms with Gasteiger partial charge in [0.2, 0.25) is 5.91 Å². The highest BCUT2D eigenvalue weighted by Crippen LogP contribution is 2.25. The van der Waals surface area contributed by atoms with Gasteiger partial charge in [-0.15, -0.1) is 11.3 Å². The number of piperidine rings is 1. The van der Waals surface area contributed by atoms with Gasteiger partial charge in [0.15, 0.2) is 0 Å². The van der Waals surface area contributed by atoms with E-state index in [4.69, 9.17) is 4.42 Å². The summed E-state index contributed by atoms with van der Waals surface area (Å²) in [5, 5.41) is 5.88. The predicted molar refractivity (Wildman–Crippen MR) is 104 cm³/mol. The summed E-state index contributed by atoms with van der Waals surface area (Å²) in [6, 6.07) is 9.37. The Labute approximate surface area is 160 Å². The lowest BCUT2D eigenvalue weighted by atomic mass is 9.95. The van der Waals surface area contributed by atoms with E-state index < -0.39 is 0 Å². The van der Waals surface area contributed by atoms with Crippen LogP contribution in [0.15, 0.2) is 58.9 Å². The standard InChI is InChI=1S/C20H19N3O3S/c24-18(22-17-3-1-15(2-4-17)19-21-8-12-27-19)14-5-9-23(10-6-14)20(25)16-7-11-26-13-16/h1-4,7-8,11-14H,5-6,9-10H2,(H,22,24). The number of nitrogens with one attached hydrogen (secondary N) is 1. The van der Waals surface area contributed by atoms with Gasteiger partial charge in [-0.2, -0.15) is 0 Å². The van der Waals surface area contributed by atoms with E-state index in [0.29, 0.717) is 31.5 Å². The number of anilines is 1. The van der Waals surface area contributed by atoms with E-state index in [1.807, 2.05) is 29.6 Å². The second kappa shape index (κ2) is 7.75. The molecular formula is C20H19N3O3S. The van der Waals surface area contributed by atoms with Gasteiger partial charge < -0.3 is 14.6 Å². The van der Waals surface area contributed by atoms with Crippen LogP contribution in [0.4, 0.5) is 5.69 Å². The Morgan fingerprint density at radius 3 is 2.56 bits per heavy atom. The summed E-state index contributed by atoms with van der Waals surface area (Å²) < 4.78 is 4.97. The number of aromatic nitrogens is 1. The largest absolute Gasteiger partial charge is 0.472 e. The molecule has 1 saturated heterocycles. The fraction of sp³-hybridized carbons (Fsp3) is 0.250. The van der Waals surface area contributed by atoms with Crippen LogP contribution in [0.1, 0.15) is 23.2 Å². The molecule has 1 N–H and O–H groups in total. The third kappa shape index (κ3) is 3.93. The first-order valence-corrected chi connectivity index (χ1v) is 9.71. The van der Waals surface area contributed by atoms with Crippen molar-refractivity contribution in [2.45, 2.75) is 12.8 Å². The van der Waals surface area contributed by atoms with Gasteiger partial charge >= 0.3 is 0 Å². The van der Waals surface area contributed by atoms with Crippen LogP contribution in [0.3, 0.4) is 0 Å². The number of carbonyl (C=O) groups excluding carboxylic acids is 2. The number of benzene rings is 1. The zero-order valence-corrected chi connectivity index (χ0v) is 15.4. The molecule has 0 aliphatic carbocycles. The number of furan rings is 1. The number of thiazole rings is 1. The summed E-state index contributed by atoms with van der Waals surface area (Å²) in [7, 11) is 0. The summed E-state index contributed by atoms with van der Waals surface area (Å²) in [5.41, 5.74) is 2.37. The van der Waals surface area contributed by atoms with Crippen LogP contribution >= 0.6 is 11.3 Å². The van der Waals surface area contributed by atoms with Crippen LogP contribution in [0.25, 0.3) is 10.6 Å². The molecular weight excluding hydrogens is 362 g/mol. The molecule has 0 spiro atoms. The van der Waals surface area contributed by atoms with Gasteiger partial charge in [-0.25, -0.2) is 4.98 Å². The van der Waals surface area contributed by atoms with Gasteiger partial charge in [0.25, 0.3) is 5.91 Å². The third-order valence-corrected chi connectivity index (χ3v) is 5.57. The summed E-state index contributed by atoms with van der Waals surface area (Å²) >= 11 is 1.58. The molecule has 0 bridgehead atoms. The summed E-state index contributed by atoms with van der Waals surface area (Å²) in [4.78, 5) is 30.9. The average Bonchev–Trinajstić information content (AvgIpc) is 3.42. The lowest BCUT2D eigenvalue weighted by Crippen LogP contribution is -2.41. The highest BCUT2D eigenvalue weighted by atomic mass is 32.1. The minimum Gasteiger partial charge on any atom is -0.472 e. The molecule has 6 nitrogen and oxygen atoms in total. The van der Waals surface area contributed by atoms with Crippen molar-refractivity contribution < 1.29 is 14.0 Å². The average molecular weight is 381 g/mol. The van der Waals surface area contributed by atoms with Gasteiger partial charge in [0, 0.05) is 41.8 Å². The molecule has 1 fully saturated rings. The Bertz CT molecular complexity index is 897. The summed E-state index contributed by atoms with van der Waals surface area (Å²) in [6.07, 6.45) is 6.04. The number of hydrogen-bond donors (Lipinski definition) is 1. The molecule has 27 heavy (non-hydrogen) atoms. The van der Waals surface area contributed by atoms with Crippen LogP contribution in [0.5, 0.6) is 0 Å². The van der Waals surface area contributed by atoms with Crippen LogP contribution in [0, 0.1) is 5.92 Å². The Kier molecular flexibility index (Phi) is 5.02. The SMILES string of the molecule is O=C(Nc1ccc(-c2nccs2)cc1)C1CCN(C(=O)c2ccoc2)CC1. The van der Waals surface area contributed by atoms with E-state index >= 15 is 0 Å². The monoisotopic (exact) mass is 381 g/mol. The van der Waals surface area contributed by atoms with E-state index in [2.05, 4.69) is 10.3 Å². The smallest absolute Gasteiger partial charge is 0.257 e. The van der Waals surface area contributed by atoms with Crippen LogP contribution in [-0.2, 0) is 4.79 Å². The van der Waals surface area contributed by atoms with Crippen molar-refractivity contribution in [3.63, 3.8) is 0 Å². The first kappa shape index (κ1) is 17.5. The molecule has 1 aliphatic rings. The molecule has 7 heteroatoms. The molecule has 0 unspecified atom stereocenters. The van der Waals surface area contributed by atoms with Crippen molar-refractivity contribution in [3.8, 4) is 10.6 Å². The maximum absolute atomic E-state index is 12.5. The van der Waals surface area contributed by atoms with E-state index in [9.17, 15) is 9.59 Å². The fourth-order valence-corrected chi connectivity index (χ4v) is 3.86. The van der Waals surface area contributed by atoms with Gasteiger partial charge in [-0.05, 0) is 43.2 Å². The number of likely N-dealkylation sites (tertiary alicyclic amines) is 1. The molecule has 0 saturated carbocycles. The highest BCUT2D eigenvalue weighted by Gasteiger charge is 2.28. The Morgan fingerprint density at radius 2 is 1.93 bits per heavy atom. The molecule has 0 radical (unpaired) electrons. The highest BCUT2D eigenvalue weighted by molar-refractivity contribution is 7.13. The van der Waals surface area contributed by atoms with Crippen molar-refractivity contribution >= 4 is 28.8 Å². The van der Waals surface area contributed by atoms with E-state index in [0.717, 1.165) is 16.3 Å². The summed E-state index contributed by atoms with van der Waals surface area (Å²) in [6.45, 7) is 1.15. The lowest BCUT2D eigenvalue weighted by molar-refractivity contribution is -0.121. The number of nitrogens with zero attached hydrogens (tertiary/aromatic N) is 2. The fourth-order valence-electron chi connectivity index (χ4n) is 3.22. The van der Waals surface area contributed by atoms with Crippen LogP contribution < -0.4 is 5.32 Å². The molecule has 1 aliphatic heterocycles. The zero-order valence-electron chi connectivity index (χ0n) is 14.6. The number of amides is 2.